The molecule has 0 saturated heterocycles. The quantitative estimate of drug-likeness (QED) is 0.879. The van der Waals surface area contributed by atoms with E-state index in [1.807, 2.05) is 24.3 Å². The second-order valence-corrected chi connectivity index (χ2v) is 4.54. The van der Waals surface area contributed by atoms with Gasteiger partial charge in [-0.1, -0.05) is 41.9 Å². The van der Waals surface area contributed by atoms with Gasteiger partial charge in [0.15, 0.2) is 0 Å². The fourth-order valence-electron chi connectivity index (χ4n) is 1.84. The zero-order valence-corrected chi connectivity index (χ0v) is 11.1. The van der Waals surface area contributed by atoms with Crippen LogP contribution in [0.2, 0.25) is 0 Å². The summed E-state index contributed by atoms with van der Waals surface area (Å²) in [6.45, 7) is 7.20. The summed E-state index contributed by atoms with van der Waals surface area (Å²) < 4.78 is 5.27. The highest BCUT2D eigenvalue weighted by molar-refractivity contribution is 5.54. The molecule has 1 aromatic carbocycles. The minimum absolute atomic E-state index is 0.348. The summed E-state index contributed by atoms with van der Waals surface area (Å²) in [6, 6.07) is 8.47. The van der Waals surface area contributed by atoms with Gasteiger partial charge in [-0.05, 0) is 20.4 Å². The summed E-state index contributed by atoms with van der Waals surface area (Å²) in [6.07, 6.45) is 0.757. The van der Waals surface area contributed by atoms with Gasteiger partial charge in [0.05, 0.1) is 0 Å². The molecule has 4 nitrogen and oxygen atoms in total. The first-order valence-corrected chi connectivity index (χ1v) is 6.32. The third-order valence-corrected chi connectivity index (χ3v) is 2.81. The normalized spacial score (nSPS) is 12.6. The van der Waals surface area contributed by atoms with Crippen LogP contribution in [0.25, 0.3) is 11.4 Å². The second kappa shape index (κ2) is 5.78. The third kappa shape index (κ3) is 3.17. The molecule has 0 saturated carbocycles. The van der Waals surface area contributed by atoms with Gasteiger partial charge < -0.3 is 9.84 Å². The summed E-state index contributed by atoms with van der Waals surface area (Å²) in [5, 5.41) is 7.34. The average molecular weight is 245 g/mol. The number of hydrogen-bond donors (Lipinski definition) is 1. The Morgan fingerprint density at radius 1 is 1.28 bits per heavy atom. The summed E-state index contributed by atoms with van der Waals surface area (Å²) in [5.41, 5.74) is 2.22. The van der Waals surface area contributed by atoms with Gasteiger partial charge in [-0.2, -0.15) is 4.98 Å². The lowest BCUT2D eigenvalue weighted by molar-refractivity contribution is 0.363. The van der Waals surface area contributed by atoms with E-state index in [0.717, 1.165) is 18.5 Å². The molecule has 0 spiro atoms. The van der Waals surface area contributed by atoms with Gasteiger partial charge in [-0.3, -0.25) is 0 Å². The lowest BCUT2D eigenvalue weighted by atomic mass is 10.1. The SMILES string of the molecule is CCNC(C)Cc1nc(-c2ccc(C)cc2)no1. The summed E-state index contributed by atoms with van der Waals surface area (Å²) in [4.78, 5) is 4.41. The molecule has 0 fully saturated rings. The van der Waals surface area contributed by atoms with Crippen molar-refractivity contribution >= 4 is 0 Å². The number of aryl methyl sites for hydroxylation is 1. The Bertz CT molecular complexity index is 490. The van der Waals surface area contributed by atoms with Crippen LogP contribution in [0.5, 0.6) is 0 Å². The van der Waals surface area contributed by atoms with Crippen molar-refractivity contribution in [3.05, 3.63) is 35.7 Å². The van der Waals surface area contributed by atoms with Crippen LogP contribution in [0.15, 0.2) is 28.8 Å². The lowest BCUT2D eigenvalue weighted by Gasteiger charge is -2.07. The number of likely N-dealkylation sites (N-methyl/N-ethyl adjacent to an activating group) is 1. The topological polar surface area (TPSA) is 51.0 Å². The van der Waals surface area contributed by atoms with Crippen molar-refractivity contribution in [1.29, 1.82) is 0 Å². The maximum absolute atomic E-state index is 5.27. The molecule has 18 heavy (non-hydrogen) atoms. The van der Waals surface area contributed by atoms with Crippen molar-refractivity contribution in [3.63, 3.8) is 0 Å². The van der Waals surface area contributed by atoms with Gasteiger partial charge >= 0.3 is 0 Å². The molecule has 1 atom stereocenters. The van der Waals surface area contributed by atoms with E-state index in [2.05, 4.69) is 36.2 Å². The van der Waals surface area contributed by atoms with Gasteiger partial charge in [0.25, 0.3) is 0 Å². The molecule has 0 aliphatic carbocycles. The smallest absolute Gasteiger partial charge is 0.228 e. The number of aromatic nitrogens is 2. The first-order valence-electron chi connectivity index (χ1n) is 6.32. The predicted octanol–water partition coefficient (Wildman–Crippen LogP) is 2.59. The Hall–Kier alpha value is -1.68. The van der Waals surface area contributed by atoms with E-state index in [1.54, 1.807) is 0 Å². The van der Waals surface area contributed by atoms with Crippen LogP contribution in [-0.4, -0.2) is 22.7 Å². The van der Waals surface area contributed by atoms with Crippen LogP contribution < -0.4 is 5.32 Å². The van der Waals surface area contributed by atoms with Crippen molar-refractivity contribution in [2.75, 3.05) is 6.54 Å². The van der Waals surface area contributed by atoms with Gasteiger partial charge in [-0.15, -0.1) is 0 Å². The number of rotatable bonds is 5. The molecule has 0 bridgehead atoms. The van der Waals surface area contributed by atoms with Crippen molar-refractivity contribution in [1.82, 2.24) is 15.5 Å². The number of nitrogens with one attached hydrogen (secondary N) is 1. The van der Waals surface area contributed by atoms with Crippen molar-refractivity contribution in [2.24, 2.45) is 0 Å². The van der Waals surface area contributed by atoms with Gasteiger partial charge in [0.2, 0.25) is 11.7 Å². The second-order valence-electron chi connectivity index (χ2n) is 4.54. The summed E-state index contributed by atoms with van der Waals surface area (Å²) in [5.74, 6) is 1.34. The van der Waals surface area contributed by atoms with Crippen LogP contribution in [-0.2, 0) is 6.42 Å². The van der Waals surface area contributed by atoms with E-state index in [1.165, 1.54) is 5.56 Å². The number of benzene rings is 1. The molecule has 1 unspecified atom stereocenters. The standard InChI is InChI=1S/C14H19N3O/c1-4-15-11(3)9-13-16-14(17-18-13)12-7-5-10(2)6-8-12/h5-8,11,15H,4,9H2,1-3H3. The first-order chi connectivity index (χ1) is 8.69. The largest absolute Gasteiger partial charge is 0.339 e. The molecule has 96 valence electrons. The van der Waals surface area contributed by atoms with Crippen LogP contribution in [0, 0.1) is 6.92 Å². The maximum Gasteiger partial charge on any atom is 0.228 e. The van der Waals surface area contributed by atoms with Crippen LogP contribution in [0.1, 0.15) is 25.3 Å². The molecule has 1 heterocycles. The highest BCUT2D eigenvalue weighted by Crippen LogP contribution is 2.16. The zero-order chi connectivity index (χ0) is 13.0. The molecule has 0 radical (unpaired) electrons. The predicted molar refractivity (Wildman–Crippen MR) is 71.3 cm³/mol. The molecule has 2 aromatic rings. The minimum Gasteiger partial charge on any atom is -0.339 e. The lowest BCUT2D eigenvalue weighted by Crippen LogP contribution is -2.27. The molecule has 0 amide bonds. The fourth-order valence-corrected chi connectivity index (χ4v) is 1.84. The van der Waals surface area contributed by atoms with Gasteiger partial charge in [-0.25, -0.2) is 0 Å². The third-order valence-electron chi connectivity index (χ3n) is 2.81. The number of hydrogen-bond acceptors (Lipinski definition) is 4. The van der Waals surface area contributed by atoms with Crippen molar-refractivity contribution in [3.8, 4) is 11.4 Å². The first kappa shape index (κ1) is 12.8. The van der Waals surface area contributed by atoms with E-state index >= 15 is 0 Å². The molecule has 1 N–H and O–H groups in total. The Labute approximate surface area is 107 Å². The highest BCUT2D eigenvalue weighted by atomic mass is 16.5. The van der Waals surface area contributed by atoms with Crippen LogP contribution in [0.4, 0.5) is 0 Å². The molecule has 2 rings (SSSR count). The zero-order valence-electron chi connectivity index (χ0n) is 11.1. The average Bonchev–Trinajstić information content (AvgIpc) is 2.78. The van der Waals surface area contributed by atoms with E-state index in [-0.39, 0.29) is 0 Å². The molecule has 4 heteroatoms. The summed E-state index contributed by atoms with van der Waals surface area (Å²) in [7, 11) is 0. The van der Waals surface area contributed by atoms with E-state index in [0.29, 0.717) is 17.8 Å². The molecule has 0 aliphatic heterocycles. The summed E-state index contributed by atoms with van der Waals surface area (Å²) >= 11 is 0. The Kier molecular flexibility index (Phi) is 4.10. The van der Waals surface area contributed by atoms with Crippen molar-refractivity contribution < 1.29 is 4.52 Å². The molecule has 0 aliphatic rings. The van der Waals surface area contributed by atoms with E-state index in [9.17, 15) is 0 Å². The Morgan fingerprint density at radius 3 is 2.67 bits per heavy atom. The highest BCUT2D eigenvalue weighted by Gasteiger charge is 2.11. The molecule has 1 aromatic heterocycles. The van der Waals surface area contributed by atoms with Crippen LogP contribution >= 0.6 is 0 Å². The Morgan fingerprint density at radius 2 is 2.00 bits per heavy atom. The van der Waals surface area contributed by atoms with Crippen molar-refractivity contribution in [2.45, 2.75) is 33.2 Å². The fraction of sp³-hybridized carbons (Fsp3) is 0.429. The Balaban J connectivity index is 2.08. The van der Waals surface area contributed by atoms with E-state index in [4.69, 9.17) is 4.52 Å². The van der Waals surface area contributed by atoms with Gasteiger partial charge in [0, 0.05) is 18.0 Å². The van der Waals surface area contributed by atoms with E-state index < -0.39 is 0 Å². The number of nitrogens with zero attached hydrogens (tertiary/aromatic N) is 2. The minimum atomic E-state index is 0.348. The monoisotopic (exact) mass is 245 g/mol. The van der Waals surface area contributed by atoms with Crippen LogP contribution in [0.3, 0.4) is 0 Å². The molecular formula is C14H19N3O. The maximum atomic E-state index is 5.27. The van der Waals surface area contributed by atoms with Gasteiger partial charge in [0.1, 0.15) is 0 Å². The molecular weight excluding hydrogens is 226 g/mol.